The minimum absolute atomic E-state index is 0.0300. The van der Waals surface area contributed by atoms with Crippen LogP contribution in [0, 0.1) is 11.8 Å². The summed E-state index contributed by atoms with van der Waals surface area (Å²) < 4.78 is 53.6. The van der Waals surface area contributed by atoms with Gasteiger partial charge in [-0.15, -0.1) is 0 Å². The van der Waals surface area contributed by atoms with Crippen molar-refractivity contribution in [2.45, 2.75) is 4.90 Å². The first-order valence-electron chi connectivity index (χ1n) is 13.9. The smallest absolute Gasteiger partial charge is 0.296 e. The maximum atomic E-state index is 13.4. The maximum absolute atomic E-state index is 13.4. The van der Waals surface area contributed by atoms with E-state index in [1.807, 2.05) is 4.90 Å². The molecule has 0 spiro atoms. The van der Waals surface area contributed by atoms with Crippen molar-refractivity contribution >= 4 is 72.1 Å². The molecule has 0 aliphatic carbocycles. The number of anilines is 3. The summed E-state index contributed by atoms with van der Waals surface area (Å²) in [5.41, 5.74) is 6.80. The molecule has 46 heavy (non-hydrogen) atoms. The van der Waals surface area contributed by atoms with Crippen LogP contribution >= 0.6 is 23.2 Å². The minimum Gasteiger partial charge on any atom is -0.369 e. The van der Waals surface area contributed by atoms with Gasteiger partial charge >= 0.3 is 0 Å². The Labute approximate surface area is 278 Å². The van der Waals surface area contributed by atoms with Crippen molar-refractivity contribution in [1.29, 1.82) is 0 Å². The lowest BCUT2D eigenvalue weighted by Crippen LogP contribution is -2.48. The van der Waals surface area contributed by atoms with E-state index < -0.39 is 31.9 Å². The second kappa shape index (κ2) is 14.7. The molecule has 0 bridgehead atoms. The summed E-state index contributed by atoms with van der Waals surface area (Å²) in [5, 5.41) is 6.17. The molecule has 0 atom stereocenters. The van der Waals surface area contributed by atoms with Crippen LogP contribution in [0.5, 0.6) is 0 Å². The normalized spacial score (nSPS) is 13.8. The van der Waals surface area contributed by atoms with Gasteiger partial charge in [-0.3, -0.25) is 13.9 Å². The van der Waals surface area contributed by atoms with Crippen LogP contribution in [0.15, 0.2) is 65.6 Å². The van der Waals surface area contributed by atoms with Crippen molar-refractivity contribution in [3.05, 3.63) is 81.8 Å². The van der Waals surface area contributed by atoms with E-state index in [2.05, 4.69) is 22.5 Å². The van der Waals surface area contributed by atoms with Crippen LogP contribution in [0.2, 0.25) is 10.0 Å². The number of nitrogens with one attached hydrogen (secondary N) is 2. The summed E-state index contributed by atoms with van der Waals surface area (Å²) in [6.45, 7) is 1.86. The SMILES string of the molecule is CN(c1ccc(C#CC(=O)NCCN)cc1C(=O)Nc1ccc(S(=O)(=O)N2CCN(c3cc(Cl)cc(Cl)c3)CC2)cc1)S(C)(=O)=O. The molecule has 0 unspecified atom stereocenters. The van der Waals surface area contributed by atoms with Crippen LogP contribution in [-0.2, 0) is 24.8 Å². The van der Waals surface area contributed by atoms with Crippen molar-refractivity contribution in [3.8, 4) is 11.8 Å². The zero-order valence-electron chi connectivity index (χ0n) is 25.0. The minimum atomic E-state index is -3.83. The predicted molar refractivity (Wildman–Crippen MR) is 180 cm³/mol. The Hall–Kier alpha value is -3.84. The number of rotatable bonds is 9. The largest absolute Gasteiger partial charge is 0.369 e. The van der Waals surface area contributed by atoms with E-state index in [1.165, 1.54) is 53.8 Å². The number of amides is 2. The van der Waals surface area contributed by atoms with Crippen molar-refractivity contribution in [3.63, 3.8) is 0 Å². The zero-order valence-corrected chi connectivity index (χ0v) is 28.1. The molecule has 0 saturated carbocycles. The van der Waals surface area contributed by atoms with Crippen LogP contribution in [0.25, 0.3) is 0 Å². The number of benzene rings is 3. The Morgan fingerprint density at radius 3 is 2.15 bits per heavy atom. The number of piperazine rings is 1. The third-order valence-electron chi connectivity index (χ3n) is 7.03. The number of carbonyl (C=O) groups is 2. The fourth-order valence-corrected chi connectivity index (χ4v) is 7.03. The van der Waals surface area contributed by atoms with Gasteiger partial charge in [-0.2, -0.15) is 4.31 Å². The van der Waals surface area contributed by atoms with Gasteiger partial charge in [0.05, 0.1) is 22.4 Å². The van der Waals surface area contributed by atoms with E-state index >= 15 is 0 Å². The monoisotopic (exact) mass is 706 g/mol. The first-order valence-corrected chi connectivity index (χ1v) is 17.9. The number of hydrogen-bond donors (Lipinski definition) is 3. The molecule has 1 saturated heterocycles. The molecule has 1 aliphatic heterocycles. The quantitative estimate of drug-likeness (QED) is 0.286. The number of nitrogens with two attached hydrogens (primary N) is 1. The van der Waals surface area contributed by atoms with E-state index in [9.17, 15) is 26.4 Å². The Morgan fingerprint density at radius 2 is 1.57 bits per heavy atom. The van der Waals surface area contributed by atoms with Gasteiger partial charge in [-0.05, 0) is 60.7 Å². The van der Waals surface area contributed by atoms with Gasteiger partial charge in [0.25, 0.3) is 11.8 Å². The van der Waals surface area contributed by atoms with Crippen LogP contribution in [0.4, 0.5) is 17.1 Å². The fraction of sp³-hybridized carbons (Fsp3) is 0.267. The molecule has 2 amide bonds. The van der Waals surface area contributed by atoms with Gasteiger partial charge in [0.2, 0.25) is 20.0 Å². The van der Waals surface area contributed by atoms with Gasteiger partial charge in [0, 0.05) is 79.2 Å². The highest BCUT2D eigenvalue weighted by Gasteiger charge is 2.29. The fourth-order valence-electron chi connectivity index (χ4n) is 4.57. The Bertz CT molecular complexity index is 1880. The highest BCUT2D eigenvalue weighted by atomic mass is 35.5. The number of hydrogen-bond acceptors (Lipinski definition) is 8. The summed E-state index contributed by atoms with van der Waals surface area (Å²) in [5.74, 6) is 3.82. The van der Waals surface area contributed by atoms with Gasteiger partial charge in [-0.25, -0.2) is 16.8 Å². The molecule has 244 valence electrons. The van der Waals surface area contributed by atoms with Crippen molar-refractivity contribution in [1.82, 2.24) is 9.62 Å². The van der Waals surface area contributed by atoms with Gasteiger partial charge in [-0.1, -0.05) is 29.1 Å². The van der Waals surface area contributed by atoms with Crippen molar-refractivity contribution in [2.24, 2.45) is 5.73 Å². The third-order valence-corrected chi connectivity index (χ3v) is 10.6. The summed E-state index contributed by atoms with van der Waals surface area (Å²) >= 11 is 12.2. The molecule has 12 nitrogen and oxygen atoms in total. The Morgan fingerprint density at radius 1 is 0.935 bits per heavy atom. The molecule has 3 aromatic rings. The topological polar surface area (TPSA) is 162 Å². The van der Waals surface area contributed by atoms with Crippen molar-refractivity contribution < 1.29 is 26.4 Å². The van der Waals surface area contributed by atoms with Crippen LogP contribution in [0.1, 0.15) is 15.9 Å². The lowest BCUT2D eigenvalue weighted by molar-refractivity contribution is -0.115. The summed E-state index contributed by atoms with van der Waals surface area (Å²) in [4.78, 5) is 27.3. The van der Waals surface area contributed by atoms with Crippen LogP contribution < -0.4 is 25.6 Å². The molecule has 3 aromatic carbocycles. The average Bonchev–Trinajstić information content (AvgIpc) is 3.01. The number of carbonyl (C=O) groups excluding carboxylic acids is 2. The summed E-state index contributed by atoms with van der Waals surface area (Å²) in [6, 6.07) is 15.1. The highest BCUT2D eigenvalue weighted by Crippen LogP contribution is 2.28. The second-order valence-corrected chi connectivity index (χ2v) is 15.1. The molecule has 4 rings (SSSR count). The van der Waals surface area contributed by atoms with Crippen molar-refractivity contribution in [2.75, 3.05) is 67.1 Å². The number of halogens is 2. The lowest BCUT2D eigenvalue weighted by Gasteiger charge is -2.35. The van der Waals surface area contributed by atoms with Crippen LogP contribution in [0.3, 0.4) is 0 Å². The van der Waals surface area contributed by atoms with E-state index in [-0.39, 0.29) is 48.0 Å². The van der Waals surface area contributed by atoms with E-state index in [0.717, 1.165) is 16.2 Å². The Balaban J connectivity index is 1.50. The molecular weight excluding hydrogens is 675 g/mol. The summed E-state index contributed by atoms with van der Waals surface area (Å²) in [6.07, 6.45) is 0.996. The molecule has 4 N–H and O–H groups in total. The third kappa shape index (κ3) is 8.69. The zero-order chi connectivity index (χ0) is 33.6. The molecular formula is C30H32Cl2N6O6S2. The number of sulfonamides is 2. The highest BCUT2D eigenvalue weighted by molar-refractivity contribution is 7.92. The summed E-state index contributed by atoms with van der Waals surface area (Å²) in [7, 11) is -6.26. The van der Waals surface area contributed by atoms with Gasteiger partial charge < -0.3 is 21.3 Å². The second-order valence-electron chi connectivity index (χ2n) is 10.3. The van der Waals surface area contributed by atoms with E-state index in [4.69, 9.17) is 28.9 Å². The Kier molecular flexibility index (Phi) is 11.2. The molecule has 0 aromatic heterocycles. The maximum Gasteiger partial charge on any atom is 0.296 e. The molecule has 1 heterocycles. The molecule has 16 heteroatoms. The molecule has 1 fully saturated rings. The van der Waals surface area contributed by atoms with Crippen LogP contribution in [-0.4, -0.2) is 85.5 Å². The molecule has 1 aliphatic rings. The van der Waals surface area contributed by atoms with Gasteiger partial charge in [0.15, 0.2) is 0 Å². The van der Waals surface area contributed by atoms with E-state index in [0.29, 0.717) is 28.7 Å². The lowest BCUT2D eigenvalue weighted by atomic mass is 10.1. The predicted octanol–water partition coefficient (Wildman–Crippen LogP) is 2.58. The standard InChI is InChI=1S/C30H32Cl2N6O6S2/c1-36(45(2,41)42)28-9-3-21(4-10-29(39)34-12-11-33)17-27(28)30(40)35-24-5-7-26(8-6-24)46(43,44)38-15-13-37(14-16-38)25-19-22(31)18-23(32)20-25/h3,5-9,17-20H,11-16,33H2,1-2H3,(H,34,39)(H,35,40). The van der Waals surface area contributed by atoms with E-state index in [1.54, 1.807) is 18.2 Å². The van der Waals surface area contributed by atoms with Gasteiger partial charge in [0.1, 0.15) is 0 Å². The molecule has 0 radical (unpaired) electrons. The first kappa shape index (κ1) is 35.0. The average molecular weight is 708 g/mol. The first-order chi connectivity index (χ1) is 21.7. The number of nitrogens with zero attached hydrogens (tertiary/aromatic N) is 3.